The van der Waals surface area contributed by atoms with Crippen molar-refractivity contribution in [3.8, 4) is 11.5 Å². The van der Waals surface area contributed by atoms with Crippen molar-refractivity contribution in [3.05, 3.63) is 69.7 Å². The Hall–Kier alpha value is -2.53. The first-order valence-electron chi connectivity index (χ1n) is 6.86. The molecule has 1 N–H and O–H groups in total. The van der Waals surface area contributed by atoms with E-state index in [0.717, 1.165) is 10.0 Å². The number of hydrogen-bond acceptors (Lipinski definition) is 4. The van der Waals surface area contributed by atoms with E-state index in [0.29, 0.717) is 22.6 Å². The SMILES string of the molecule is COc1cccc(/C=C2/C=C(c3ccc(Br)cc3)OC2=O)c1O. The van der Waals surface area contributed by atoms with Crippen LogP contribution in [0.4, 0.5) is 0 Å². The smallest absolute Gasteiger partial charge is 0.343 e. The van der Waals surface area contributed by atoms with Crippen LogP contribution in [0.1, 0.15) is 11.1 Å². The van der Waals surface area contributed by atoms with Gasteiger partial charge in [0.05, 0.1) is 12.7 Å². The molecular weight excluding hydrogens is 360 g/mol. The standard InChI is InChI=1S/C18H13BrO4/c1-22-15-4-2-3-12(17(15)20)9-13-10-16(23-18(13)21)11-5-7-14(19)8-6-11/h2-10,20H,1H3/b13-9-. The Morgan fingerprint density at radius 1 is 1.17 bits per heavy atom. The minimum Gasteiger partial charge on any atom is -0.504 e. The summed E-state index contributed by atoms with van der Waals surface area (Å²) in [6, 6.07) is 12.5. The van der Waals surface area contributed by atoms with E-state index < -0.39 is 5.97 Å². The molecule has 0 aromatic heterocycles. The van der Waals surface area contributed by atoms with Crippen LogP contribution < -0.4 is 4.74 Å². The number of aromatic hydroxyl groups is 1. The average molecular weight is 373 g/mol. The predicted molar refractivity (Wildman–Crippen MR) is 90.8 cm³/mol. The average Bonchev–Trinajstić information content (AvgIpc) is 2.91. The molecule has 2 aromatic carbocycles. The van der Waals surface area contributed by atoms with E-state index in [9.17, 15) is 9.90 Å². The quantitative estimate of drug-likeness (QED) is 0.649. The third-order valence-electron chi connectivity index (χ3n) is 3.41. The number of esters is 1. The fraction of sp³-hybridized carbons (Fsp3) is 0.0556. The lowest BCUT2D eigenvalue weighted by molar-refractivity contribution is -0.130. The Morgan fingerprint density at radius 2 is 1.91 bits per heavy atom. The second kappa shape index (κ2) is 6.30. The maximum atomic E-state index is 12.0. The lowest BCUT2D eigenvalue weighted by atomic mass is 10.1. The molecule has 0 spiro atoms. The van der Waals surface area contributed by atoms with Gasteiger partial charge in [0.1, 0.15) is 5.76 Å². The van der Waals surface area contributed by atoms with Gasteiger partial charge >= 0.3 is 5.97 Å². The Bertz CT molecular complexity index is 819. The number of para-hydroxylation sites is 1. The number of halogens is 1. The third kappa shape index (κ3) is 3.14. The van der Waals surface area contributed by atoms with E-state index in [4.69, 9.17) is 9.47 Å². The Balaban J connectivity index is 1.97. The zero-order chi connectivity index (χ0) is 16.4. The van der Waals surface area contributed by atoms with Crippen LogP contribution in [0, 0.1) is 0 Å². The van der Waals surface area contributed by atoms with Gasteiger partial charge in [0.2, 0.25) is 0 Å². The number of rotatable bonds is 3. The van der Waals surface area contributed by atoms with Crippen molar-refractivity contribution >= 4 is 33.7 Å². The molecule has 116 valence electrons. The maximum absolute atomic E-state index is 12.0. The summed E-state index contributed by atoms with van der Waals surface area (Å²) in [7, 11) is 1.47. The summed E-state index contributed by atoms with van der Waals surface area (Å²) in [5.41, 5.74) is 1.66. The molecular formula is C18H13BrO4. The first-order valence-corrected chi connectivity index (χ1v) is 7.65. The molecule has 0 radical (unpaired) electrons. The van der Waals surface area contributed by atoms with Crippen molar-refractivity contribution in [1.29, 1.82) is 0 Å². The number of ether oxygens (including phenoxy) is 2. The maximum Gasteiger partial charge on any atom is 0.343 e. The lowest BCUT2D eigenvalue weighted by Crippen LogP contribution is -1.97. The molecule has 0 saturated carbocycles. The number of benzene rings is 2. The summed E-state index contributed by atoms with van der Waals surface area (Å²) in [5, 5.41) is 10.1. The molecule has 1 aliphatic heterocycles. The fourth-order valence-corrected chi connectivity index (χ4v) is 2.50. The van der Waals surface area contributed by atoms with E-state index in [1.807, 2.05) is 24.3 Å². The van der Waals surface area contributed by atoms with E-state index in [1.54, 1.807) is 30.4 Å². The van der Waals surface area contributed by atoms with Gasteiger partial charge in [-0.2, -0.15) is 0 Å². The van der Waals surface area contributed by atoms with Crippen molar-refractivity contribution < 1.29 is 19.4 Å². The molecule has 3 rings (SSSR count). The van der Waals surface area contributed by atoms with Gasteiger partial charge in [-0.05, 0) is 30.4 Å². The number of phenolic OH excluding ortho intramolecular Hbond substituents is 1. The summed E-state index contributed by atoms with van der Waals surface area (Å²) >= 11 is 3.37. The fourth-order valence-electron chi connectivity index (χ4n) is 2.23. The number of phenols is 1. The molecule has 0 atom stereocenters. The number of hydrogen-bond donors (Lipinski definition) is 1. The molecule has 0 unspecified atom stereocenters. The summed E-state index contributed by atoms with van der Waals surface area (Å²) in [6.45, 7) is 0. The van der Waals surface area contributed by atoms with Crippen molar-refractivity contribution in [2.24, 2.45) is 0 Å². The summed E-state index contributed by atoms with van der Waals surface area (Å²) in [6.07, 6.45) is 3.23. The second-order valence-electron chi connectivity index (χ2n) is 4.90. The highest BCUT2D eigenvalue weighted by molar-refractivity contribution is 9.10. The van der Waals surface area contributed by atoms with Gasteiger partial charge in [0, 0.05) is 15.6 Å². The van der Waals surface area contributed by atoms with Crippen molar-refractivity contribution in [2.75, 3.05) is 7.11 Å². The van der Waals surface area contributed by atoms with Crippen molar-refractivity contribution in [1.82, 2.24) is 0 Å². The molecule has 0 aliphatic carbocycles. The van der Waals surface area contributed by atoms with Crippen LogP contribution in [-0.4, -0.2) is 18.2 Å². The Kier molecular flexibility index (Phi) is 4.21. The first-order chi connectivity index (χ1) is 11.1. The highest BCUT2D eigenvalue weighted by Gasteiger charge is 2.22. The van der Waals surface area contributed by atoms with Gasteiger partial charge in [0.15, 0.2) is 11.5 Å². The van der Waals surface area contributed by atoms with Gasteiger partial charge in [0.25, 0.3) is 0 Å². The molecule has 5 heteroatoms. The van der Waals surface area contributed by atoms with Gasteiger partial charge in [-0.3, -0.25) is 0 Å². The second-order valence-corrected chi connectivity index (χ2v) is 5.82. The van der Waals surface area contributed by atoms with E-state index in [-0.39, 0.29) is 5.75 Å². The van der Waals surface area contributed by atoms with Crippen LogP contribution in [0.3, 0.4) is 0 Å². The van der Waals surface area contributed by atoms with Crippen LogP contribution >= 0.6 is 15.9 Å². The number of carbonyl (C=O) groups excluding carboxylic acids is 1. The molecule has 1 heterocycles. The highest BCUT2D eigenvalue weighted by Crippen LogP contribution is 2.33. The van der Waals surface area contributed by atoms with E-state index in [2.05, 4.69) is 15.9 Å². The van der Waals surface area contributed by atoms with Crippen LogP contribution in [-0.2, 0) is 9.53 Å². The summed E-state index contributed by atoms with van der Waals surface area (Å²) < 4.78 is 11.3. The van der Waals surface area contributed by atoms with Crippen LogP contribution in [0.5, 0.6) is 11.5 Å². The minimum atomic E-state index is -0.454. The van der Waals surface area contributed by atoms with Crippen LogP contribution in [0.2, 0.25) is 0 Å². The van der Waals surface area contributed by atoms with E-state index in [1.165, 1.54) is 7.11 Å². The summed E-state index contributed by atoms with van der Waals surface area (Å²) in [4.78, 5) is 12.0. The topological polar surface area (TPSA) is 55.8 Å². The monoisotopic (exact) mass is 372 g/mol. The molecule has 1 aliphatic rings. The zero-order valence-corrected chi connectivity index (χ0v) is 13.8. The molecule has 0 amide bonds. The molecule has 0 saturated heterocycles. The van der Waals surface area contributed by atoms with Crippen LogP contribution in [0.25, 0.3) is 11.8 Å². The largest absolute Gasteiger partial charge is 0.504 e. The zero-order valence-electron chi connectivity index (χ0n) is 12.2. The number of cyclic esters (lactones) is 1. The van der Waals surface area contributed by atoms with Crippen molar-refractivity contribution in [3.63, 3.8) is 0 Å². The van der Waals surface area contributed by atoms with Gasteiger partial charge < -0.3 is 14.6 Å². The highest BCUT2D eigenvalue weighted by atomic mass is 79.9. The lowest BCUT2D eigenvalue weighted by Gasteiger charge is -2.05. The Morgan fingerprint density at radius 3 is 2.61 bits per heavy atom. The predicted octanol–water partition coefficient (Wildman–Crippen LogP) is 4.14. The molecule has 2 aromatic rings. The number of carbonyl (C=O) groups is 1. The Labute approximate surface area is 141 Å². The van der Waals surface area contributed by atoms with E-state index >= 15 is 0 Å². The summed E-state index contributed by atoms with van der Waals surface area (Å²) in [5.74, 6) is 0.366. The molecule has 0 bridgehead atoms. The molecule has 23 heavy (non-hydrogen) atoms. The molecule has 0 fully saturated rings. The van der Waals surface area contributed by atoms with Gasteiger partial charge in [-0.1, -0.05) is 40.2 Å². The van der Waals surface area contributed by atoms with Gasteiger partial charge in [-0.25, -0.2) is 4.79 Å². The van der Waals surface area contributed by atoms with Crippen molar-refractivity contribution in [2.45, 2.75) is 0 Å². The normalized spacial score (nSPS) is 15.5. The van der Waals surface area contributed by atoms with Crippen LogP contribution in [0.15, 0.2) is 58.6 Å². The first kappa shape index (κ1) is 15.4. The third-order valence-corrected chi connectivity index (χ3v) is 3.94. The molecule has 4 nitrogen and oxygen atoms in total. The number of methoxy groups -OCH3 is 1. The minimum absolute atomic E-state index is 0.0132. The van der Waals surface area contributed by atoms with Gasteiger partial charge in [-0.15, -0.1) is 0 Å².